The molecule has 0 fully saturated rings. The number of carbonyl (C=O) groups excluding carboxylic acids is 1. The highest BCUT2D eigenvalue weighted by Gasteiger charge is 2.40. The minimum atomic E-state index is -4.62. The van der Waals surface area contributed by atoms with Gasteiger partial charge in [0.25, 0.3) is 0 Å². The summed E-state index contributed by atoms with van der Waals surface area (Å²) in [5.41, 5.74) is 4.30. The number of alkyl halides is 3. The number of carbonyl (C=O) groups is 1. The van der Waals surface area contributed by atoms with E-state index in [9.17, 15) is 23.2 Å². The van der Waals surface area contributed by atoms with Crippen molar-refractivity contribution in [3.63, 3.8) is 0 Å². The summed E-state index contributed by atoms with van der Waals surface area (Å²) in [4.78, 5) is 11.9. The Labute approximate surface area is 130 Å². The number of allylic oxidation sites excluding steroid dienone is 3. The minimum absolute atomic E-state index is 0.00699. The van der Waals surface area contributed by atoms with Crippen molar-refractivity contribution in [1.29, 1.82) is 5.26 Å². The molecule has 0 spiro atoms. The summed E-state index contributed by atoms with van der Waals surface area (Å²) >= 11 is 0. The van der Waals surface area contributed by atoms with Gasteiger partial charge in [-0.2, -0.15) is 18.4 Å². The smallest absolute Gasteiger partial charge is 0.416 e. The lowest BCUT2D eigenvalue weighted by atomic mass is 9.79. The molecule has 0 aliphatic carbocycles. The quantitative estimate of drug-likeness (QED) is 0.905. The monoisotopic (exact) mass is 322 g/mol. The number of nitrogens with zero attached hydrogens (tertiary/aromatic N) is 1. The van der Waals surface area contributed by atoms with E-state index in [0.717, 1.165) is 6.07 Å². The molecule has 0 amide bonds. The van der Waals surface area contributed by atoms with Gasteiger partial charge in [-0.3, -0.25) is 4.79 Å². The molecule has 1 aliphatic rings. The molecule has 1 aromatic carbocycles. The van der Waals surface area contributed by atoms with Gasteiger partial charge in [-0.05, 0) is 25.5 Å². The van der Waals surface area contributed by atoms with Crippen LogP contribution in [0.1, 0.15) is 30.9 Å². The molecule has 0 radical (unpaired) electrons. The van der Waals surface area contributed by atoms with Gasteiger partial charge in [0, 0.05) is 5.57 Å². The maximum atomic E-state index is 13.3. The number of ketones is 1. The van der Waals surface area contributed by atoms with Crippen LogP contribution in [-0.4, -0.2) is 5.78 Å². The van der Waals surface area contributed by atoms with Crippen molar-refractivity contribution in [1.82, 2.24) is 0 Å². The van der Waals surface area contributed by atoms with Crippen LogP contribution in [0.5, 0.6) is 0 Å². The van der Waals surface area contributed by atoms with Gasteiger partial charge in [-0.15, -0.1) is 0 Å². The fourth-order valence-corrected chi connectivity index (χ4v) is 2.65. The van der Waals surface area contributed by atoms with Crippen molar-refractivity contribution < 1.29 is 22.7 Å². The van der Waals surface area contributed by atoms with Crippen LogP contribution in [0.4, 0.5) is 13.2 Å². The third-order valence-electron chi connectivity index (χ3n) is 3.56. The number of Topliss-reactive ketones (excluding diaryl/α,β-unsaturated/α-hetero) is 1. The number of halogens is 3. The molecule has 23 heavy (non-hydrogen) atoms. The van der Waals surface area contributed by atoms with Crippen LogP contribution in [0.25, 0.3) is 0 Å². The van der Waals surface area contributed by atoms with Crippen LogP contribution in [0.15, 0.2) is 47.1 Å². The minimum Gasteiger partial charge on any atom is -0.445 e. The average Bonchev–Trinajstić information content (AvgIpc) is 2.45. The number of nitriles is 1. The van der Waals surface area contributed by atoms with Crippen LogP contribution < -0.4 is 5.73 Å². The van der Waals surface area contributed by atoms with Crippen LogP contribution in [-0.2, 0) is 15.7 Å². The Morgan fingerprint density at radius 1 is 1.35 bits per heavy atom. The third-order valence-corrected chi connectivity index (χ3v) is 3.56. The Hall–Kier alpha value is -2.75. The number of hydrogen-bond acceptors (Lipinski definition) is 4. The molecule has 1 atom stereocenters. The van der Waals surface area contributed by atoms with Crippen molar-refractivity contribution in [2.75, 3.05) is 0 Å². The Bertz CT molecular complexity index is 770. The zero-order valence-electron chi connectivity index (χ0n) is 12.4. The van der Waals surface area contributed by atoms with E-state index in [4.69, 9.17) is 10.5 Å². The summed E-state index contributed by atoms with van der Waals surface area (Å²) in [6, 6.07) is 6.56. The highest BCUT2D eigenvalue weighted by molar-refractivity contribution is 5.96. The van der Waals surface area contributed by atoms with E-state index in [1.165, 1.54) is 32.0 Å². The Morgan fingerprint density at radius 2 is 1.96 bits per heavy atom. The first-order valence-electron chi connectivity index (χ1n) is 6.63. The summed E-state index contributed by atoms with van der Waals surface area (Å²) in [5, 5.41) is 9.29. The normalized spacial score (nSPS) is 18.5. The van der Waals surface area contributed by atoms with Crippen LogP contribution in [0.2, 0.25) is 0 Å². The van der Waals surface area contributed by atoms with Gasteiger partial charge < -0.3 is 10.5 Å². The highest BCUT2D eigenvalue weighted by atomic mass is 19.4. The van der Waals surface area contributed by atoms with E-state index in [-0.39, 0.29) is 28.4 Å². The lowest BCUT2D eigenvalue weighted by Crippen LogP contribution is -2.25. The first-order chi connectivity index (χ1) is 10.7. The maximum absolute atomic E-state index is 13.3. The molecule has 0 saturated heterocycles. The zero-order valence-corrected chi connectivity index (χ0v) is 12.4. The Kier molecular flexibility index (Phi) is 4.19. The molecule has 1 heterocycles. The predicted octanol–water partition coefficient (Wildman–Crippen LogP) is 3.38. The summed E-state index contributed by atoms with van der Waals surface area (Å²) in [6.07, 6.45) is -4.62. The second-order valence-electron chi connectivity index (χ2n) is 5.04. The van der Waals surface area contributed by atoms with Gasteiger partial charge in [0.1, 0.15) is 17.4 Å². The standard InChI is InChI=1S/C16H13F3N2O2/c1-8(22)13-9(2)23-15(21)11(7-20)14(13)10-5-3-4-6-12(10)16(17,18)19/h3-6,14H,21H2,1-2H3/t14-/m0/s1. The van der Waals surface area contributed by atoms with Gasteiger partial charge in [-0.25, -0.2) is 0 Å². The van der Waals surface area contributed by atoms with Crippen molar-refractivity contribution in [2.45, 2.75) is 25.9 Å². The van der Waals surface area contributed by atoms with Crippen LogP contribution in [0, 0.1) is 11.3 Å². The van der Waals surface area contributed by atoms with Crippen molar-refractivity contribution in [2.24, 2.45) is 5.73 Å². The second kappa shape index (κ2) is 5.80. The molecule has 1 aliphatic heterocycles. The van der Waals surface area contributed by atoms with Gasteiger partial charge >= 0.3 is 6.18 Å². The molecule has 2 rings (SSSR count). The topological polar surface area (TPSA) is 76.1 Å². The molecule has 0 aromatic heterocycles. The molecular weight excluding hydrogens is 309 g/mol. The largest absolute Gasteiger partial charge is 0.445 e. The molecule has 4 nitrogen and oxygen atoms in total. The van der Waals surface area contributed by atoms with E-state index in [2.05, 4.69) is 0 Å². The zero-order chi connectivity index (χ0) is 17.4. The van der Waals surface area contributed by atoms with Gasteiger partial charge in [0.05, 0.1) is 11.5 Å². The fourth-order valence-electron chi connectivity index (χ4n) is 2.65. The first-order valence-corrected chi connectivity index (χ1v) is 6.63. The van der Waals surface area contributed by atoms with E-state index < -0.39 is 23.4 Å². The first kappa shape index (κ1) is 16.6. The summed E-state index contributed by atoms with van der Waals surface area (Å²) < 4.78 is 45.0. The number of rotatable bonds is 2. The van der Waals surface area contributed by atoms with Crippen LogP contribution >= 0.6 is 0 Å². The number of hydrogen-bond donors (Lipinski definition) is 1. The van der Waals surface area contributed by atoms with Gasteiger partial charge in [-0.1, -0.05) is 18.2 Å². The van der Waals surface area contributed by atoms with E-state index in [1.807, 2.05) is 0 Å². The summed E-state index contributed by atoms with van der Waals surface area (Å²) in [6.45, 7) is 2.64. The van der Waals surface area contributed by atoms with Crippen molar-refractivity contribution in [3.05, 3.63) is 58.2 Å². The highest BCUT2D eigenvalue weighted by Crippen LogP contribution is 2.44. The number of benzene rings is 1. The van der Waals surface area contributed by atoms with E-state index in [0.29, 0.717) is 0 Å². The number of ether oxygens (including phenoxy) is 1. The lowest BCUT2D eigenvalue weighted by Gasteiger charge is -2.28. The van der Waals surface area contributed by atoms with E-state index >= 15 is 0 Å². The average molecular weight is 322 g/mol. The predicted molar refractivity (Wildman–Crippen MR) is 75.5 cm³/mol. The molecular formula is C16H13F3N2O2. The molecule has 0 unspecified atom stereocenters. The molecule has 0 bridgehead atoms. The SMILES string of the molecule is CC(=O)C1=C(C)OC(N)=C(C#N)[C@@H]1c1ccccc1C(F)(F)F. The maximum Gasteiger partial charge on any atom is 0.416 e. The van der Waals surface area contributed by atoms with Gasteiger partial charge in [0.15, 0.2) is 5.78 Å². The molecule has 120 valence electrons. The van der Waals surface area contributed by atoms with E-state index in [1.54, 1.807) is 6.07 Å². The molecule has 0 saturated carbocycles. The second-order valence-corrected chi connectivity index (χ2v) is 5.04. The Balaban J connectivity index is 2.79. The molecule has 2 N–H and O–H groups in total. The number of nitrogens with two attached hydrogens (primary N) is 1. The molecule has 7 heteroatoms. The fraction of sp³-hybridized carbons (Fsp3) is 0.250. The summed E-state index contributed by atoms with van der Waals surface area (Å²) in [5.74, 6) is -1.89. The lowest BCUT2D eigenvalue weighted by molar-refractivity contribution is -0.138. The van der Waals surface area contributed by atoms with Crippen LogP contribution in [0.3, 0.4) is 0 Å². The van der Waals surface area contributed by atoms with Gasteiger partial charge in [0.2, 0.25) is 5.88 Å². The molecule has 1 aromatic rings. The Morgan fingerprint density at radius 3 is 2.48 bits per heavy atom. The van der Waals surface area contributed by atoms with Crippen molar-refractivity contribution in [3.8, 4) is 6.07 Å². The van der Waals surface area contributed by atoms with Crippen molar-refractivity contribution >= 4 is 5.78 Å². The summed E-state index contributed by atoms with van der Waals surface area (Å²) in [7, 11) is 0. The third kappa shape index (κ3) is 2.93.